The minimum Gasteiger partial charge on any atom is -0.356 e. The Morgan fingerprint density at radius 1 is 1.12 bits per heavy atom. The van der Waals surface area contributed by atoms with Crippen molar-refractivity contribution >= 4 is 12.3 Å². The van der Waals surface area contributed by atoms with E-state index in [9.17, 15) is 9.59 Å². The number of likely N-dealkylation sites (tertiary alicyclic amines) is 1. The van der Waals surface area contributed by atoms with Gasteiger partial charge in [-0.1, -0.05) is 27.7 Å². The SMILES string of the molecule is CC(C)CC(CC(C(=O)N1CCC2(CC1)OCCO2)C(C)C)NC=O. The van der Waals surface area contributed by atoms with Crippen molar-refractivity contribution in [3.8, 4) is 0 Å². The van der Waals surface area contributed by atoms with Gasteiger partial charge in [0.25, 0.3) is 0 Å². The Morgan fingerprint density at radius 2 is 1.72 bits per heavy atom. The molecule has 2 rings (SSSR count). The highest BCUT2D eigenvalue weighted by Gasteiger charge is 2.42. The fourth-order valence-electron chi connectivity index (χ4n) is 3.95. The minimum absolute atomic E-state index is 0.0477. The van der Waals surface area contributed by atoms with E-state index in [2.05, 4.69) is 33.0 Å². The molecule has 25 heavy (non-hydrogen) atoms. The van der Waals surface area contributed by atoms with Crippen LogP contribution in [0.1, 0.15) is 53.4 Å². The molecule has 1 spiro atoms. The molecule has 6 nitrogen and oxygen atoms in total. The quantitative estimate of drug-likeness (QED) is 0.679. The molecule has 0 radical (unpaired) electrons. The zero-order valence-electron chi connectivity index (χ0n) is 16.1. The Bertz CT molecular complexity index is 437. The van der Waals surface area contributed by atoms with Crippen LogP contribution in [0, 0.1) is 17.8 Å². The number of hydrogen-bond donors (Lipinski definition) is 1. The molecule has 6 heteroatoms. The Morgan fingerprint density at radius 3 is 2.20 bits per heavy atom. The smallest absolute Gasteiger partial charge is 0.226 e. The number of nitrogens with one attached hydrogen (secondary N) is 1. The summed E-state index contributed by atoms with van der Waals surface area (Å²) in [6.45, 7) is 11.1. The van der Waals surface area contributed by atoms with E-state index in [1.54, 1.807) is 0 Å². The molecule has 144 valence electrons. The van der Waals surface area contributed by atoms with Crippen LogP contribution in [0.3, 0.4) is 0 Å². The van der Waals surface area contributed by atoms with Crippen LogP contribution in [0.25, 0.3) is 0 Å². The molecule has 0 aromatic heterocycles. The third-order valence-corrected chi connectivity index (χ3v) is 5.37. The number of amides is 2. The van der Waals surface area contributed by atoms with Gasteiger partial charge < -0.3 is 19.7 Å². The van der Waals surface area contributed by atoms with Crippen molar-refractivity contribution in [2.75, 3.05) is 26.3 Å². The van der Waals surface area contributed by atoms with Gasteiger partial charge in [-0.25, -0.2) is 0 Å². The molecule has 0 aromatic rings. The van der Waals surface area contributed by atoms with E-state index >= 15 is 0 Å². The van der Waals surface area contributed by atoms with Crippen molar-refractivity contribution in [1.82, 2.24) is 10.2 Å². The monoisotopic (exact) mass is 354 g/mol. The van der Waals surface area contributed by atoms with Crippen LogP contribution in [0.5, 0.6) is 0 Å². The maximum absolute atomic E-state index is 13.1. The minimum atomic E-state index is -0.455. The van der Waals surface area contributed by atoms with Gasteiger partial charge >= 0.3 is 0 Å². The highest BCUT2D eigenvalue weighted by Crippen LogP contribution is 2.33. The lowest BCUT2D eigenvalue weighted by atomic mass is 9.85. The Hall–Kier alpha value is -1.14. The highest BCUT2D eigenvalue weighted by atomic mass is 16.7. The molecule has 2 atom stereocenters. The third kappa shape index (κ3) is 5.42. The van der Waals surface area contributed by atoms with Crippen LogP contribution in [-0.4, -0.2) is 55.3 Å². The predicted octanol–water partition coefficient (Wildman–Crippen LogP) is 2.17. The van der Waals surface area contributed by atoms with E-state index in [0.29, 0.717) is 38.6 Å². The van der Waals surface area contributed by atoms with Gasteiger partial charge in [0.05, 0.1) is 13.2 Å². The van der Waals surface area contributed by atoms with Gasteiger partial charge in [0.15, 0.2) is 5.79 Å². The fraction of sp³-hybridized carbons (Fsp3) is 0.895. The first-order valence-corrected chi connectivity index (χ1v) is 9.63. The van der Waals surface area contributed by atoms with E-state index < -0.39 is 5.79 Å². The van der Waals surface area contributed by atoms with E-state index in [1.807, 2.05) is 4.90 Å². The number of hydrogen-bond acceptors (Lipinski definition) is 4. The molecular formula is C19H34N2O4. The van der Waals surface area contributed by atoms with E-state index in [0.717, 1.165) is 25.7 Å². The van der Waals surface area contributed by atoms with Gasteiger partial charge in [-0.3, -0.25) is 9.59 Å². The Labute approximate surface area is 151 Å². The summed E-state index contributed by atoms with van der Waals surface area (Å²) in [5.74, 6) is 0.390. The third-order valence-electron chi connectivity index (χ3n) is 5.37. The number of carbonyl (C=O) groups is 2. The topological polar surface area (TPSA) is 67.9 Å². The summed E-state index contributed by atoms with van der Waals surface area (Å²) in [6.07, 6.45) is 3.83. The van der Waals surface area contributed by atoms with E-state index in [4.69, 9.17) is 9.47 Å². The summed E-state index contributed by atoms with van der Waals surface area (Å²) in [6, 6.07) is 0.0477. The molecule has 0 bridgehead atoms. The van der Waals surface area contributed by atoms with Crippen molar-refractivity contribution in [3.05, 3.63) is 0 Å². The van der Waals surface area contributed by atoms with E-state index in [-0.39, 0.29) is 23.8 Å². The Balaban J connectivity index is 1.96. The van der Waals surface area contributed by atoms with Gasteiger partial charge in [0.1, 0.15) is 0 Å². The first kappa shape index (κ1) is 20.2. The molecule has 2 fully saturated rings. The summed E-state index contributed by atoms with van der Waals surface area (Å²) >= 11 is 0. The maximum atomic E-state index is 13.1. The molecule has 2 unspecified atom stereocenters. The van der Waals surface area contributed by atoms with Gasteiger partial charge in [-0.2, -0.15) is 0 Å². The van der Waals surface area contributed by atoms with Crippen molar-refractivity contribution < 1.29 is 19.1 Å². The highest BCUT2D eigenvalue weighted by molar-refractivity contribution is 5.79. The number of nitrogens with zero attached hydrogens (tertiary/aromatic N) is 1. The lowest BCUT2D eigenvalue weighted by Crippen LogP contribution is -2.50. The molecular weight excluding hydrogens is 320 g/mol. The number of carbonyl (C=O) groups excluding carboxylic acids is 2. The second-order valence-electron chi connectivity index (χ2n) is 8.13. The van der Waals surface area contributed by atoms with Crippen molar-refractivity contribution in [2.45, 2.75) is 65.2 Å². The lowest BCUT2D eigenvalue weighted by Gasteiger charge is -2.39. The maximum Gasteiger partial charge on any atom is 0.226 e. The molecule has 0 aliphatic carbocycles. The lowest BCUT2D eigenvalue weighted by molar-refractivity contribution is -0.188. The van der Waals surface area contributed by atoms with E-state index in [1.165, 1.54) is 0 Å². The summed E-state index contributed by atoms with van der Waals surface area (Å²) in [7, 11) is 0. The van der Waals surface area contributed by atoms with Crippen LogP contribution < -0.4 is 5.32 Å². The zero-order valence-corrected chi connectivity index (χ0v) is 16.1. The number of ether oxygens (including phenoxy) is 2. The average molecular weight is 354 g/mol. The molecule has 0 saturated carbocycles. The number of rotatable bonds is 8. The fourth-order valence-corrected chi connectivity index (χ4v) is 3.95. The molecule has 0 aromatic carbocycles. The summed E-state index contributed by atoms with van der Waals surface area (Å²) in [5.41, 5.74) is 0. The standard InChI is InChI=1S/C19H34N2O4/c1-14(2)11-16(20-13-22)12-17(15(3)4)18(23)21-7-5-19(6-8-21)24-9-10-25-19/h13-17H,5-12H2,1-4H3,(H,20,22). The Kier molecular flexibility index (Phi) is 7.25. The number of piperidine rings is 1. The molecule has 2 heterocycles. The molecule has 1 N–H and O–H groups in total. The van der Waals surface area contributed by atoms with Gasteiger partial charge in [-0.15, -0.1) is 0 Å². The van der Waals surface area contributed by atoms with Crippen molar-refractivity contribution in [3.63, 3.8) is 0 Å². The van der Waals surface area contributed by atoms with Crippen LogP contribution in [0.15, 0.2) is 0 Å². The first-order chi connectivity index (χ1) is 11.9. The largest absolute Gasteiger partial charge is 0.356 e. The molecule has 2 saturated heterocycles. The van der Waals surface area contributed by atoms with Crippen LogP contribution >= 0.6 is 0 Å². The first-order valence-electron chi connectivity index (χ1n) is 9.63. The molecule has 2 aliphatic heterocycles. The van der Waals surface area contributed by atoms with Gasteiger partial charge in [0.2, 0.25) is 12.3 Å². The molecule has 2 amide bonds. The van der Waals surface area contributed by atoms with Gasteiger partial charge in [0, 0.05) is 37.9 Å². The van der Waals surface area contributed by atoms with Crippen molar-refractivity contribution in [1.29, 1.82) is 0 Å². The van der Waals surface area contributed by atoms with Crippen LogP contribution in [0.2, 0.25) is 0 Å². The summed E-state index contributed by atoms with van der Waals surface area (Å²) < 4.78 is 11.5. The average Bonchev–Trinajstić information content (AvgIpc) is 3.00. The summed E-state index contributed by atoms with van der Waals surface area (Å²) in [5, 5.41) is 2.91. The summed E-state index contributed by atoms with van der Waals surface area (Å²) in [4.78, 5) is 26.0. The second kappa shape index (κ2) is 8.99. The predicted molar refractivity (Wildman–Crippen MR) is 95.8 cm³/mol. The second-order valence-corrected chi connectivity index (χ2v) is 8.13. The van der Waals surface area contributed by atoms with Crippen LogP contribution in [-0.2, 0) is 19.1 Å². The normalized spacial score (nSPS) is 22.4. The van der Waals surface area contributed by atoms with Crippen LogP contribution in [0.4, 0.5) is 0 Å². The van der Waals surface area contributed by atoms with Gasteiger partial charge in [-0.05, 0) is 24.7 Å². The van der Waals surface area contributed by atoms with Crippen molar-refractivity contribution in [2.24, 2.45) is 17.8 Å². The molecule has 2 aliphatic rings. The zero-order chi connectivity index (χ0) is 18.4.